The van der Waals surface area contributed by atoms with E-state index in [2.05, 4.69) is 45.8 Å². The predicted molar refractivity (Wildman–Crippen MR) is 86.5 cm³/mol. The maximum Gasteiger partial charge on any atom is 0.0522 e. The Morgan fingerprint density at radius 2 is 1.86 bits per heavy atom. The van der Waals surface area contributed by atoms with Crippen molar-refractivity contribution in [3.8, 4) is 0 Å². The van der Waals surface area contributed by atoms with Crippen LogP contribution in [0.4, 0.5) is 5.69 Å². The Balaban J connectivity index is 1.42. The maximum absolute atomic E-state index is 4.19. The van der Waals surface area contributed by atoms with Gasteiger partial charge in [0.1, 0.15) is 0 Å². The van der Waals surface area contributed by atoms with E-state index in [9.17, 15) is 0 Å². The molecule has 1 aliphatic rings. The summed E-state index contributed by atoms with van der Waals surface area (Å²) < 4.78 is 1.85. The molecule has 1 aliphatic heterocycles. The minimum atomic E-state index is 0.931. The van der Waals surface area contributed by atoms with Crippen LogP contribution in [0, 0.1) is 0 Å². The van der Waals surface area contributed by atoms with Gasteiger partial charge in [-0.15, -0.1) is 0 Å². The topological polar surface area (TPSA) is 33.1 Å². The number of hydrogen-bond acceptors (Lipinski definition) is 3. The van der Waals surface area contributed by atoms with Gasteiger partial charge in [-0.1, -0.05) is 12.1 Å². The van der Waals surface area contributed by atoms with Gasteiger partial charge in [0.05, 0.1) is 6.20 Å². The van der Waals surface area contributed by atoms with Crippen molar-refractivity contribution in [2.75, 3.05) is 24.5 Å². The fourth-order valence-electron chi connectivity index (χ4n) is 2.87. The second-order valence-corrected chi connectivity index (χ2v) is 5.81. The number of aryl methyl sites for hydroxylation is 1. The summed E-state index contributed by atoms with van der Waals surface area (Å²) in [6, 6.07) is 8.99. The Labute approximate surface area is 126 Å². The van der Waals surface area contributed by atoms with Gasteiger partial charge in [-0.05, 0) is 49.1 Å². The fourth-order valence-corrected chi connectivity index (χ4v) is 2.87. The summed E-state index contributed by atoms with van der Waals surface area (Å²) >= 11 is 0. The molecule has 0 atom stereocenters. The quantitative estimate of drug-likeness (QED) is 0.827. The number of benzene rings is 1. The summed E-state index contributed by atoms with van der Waals surface area (Å²) in [5.74, 6) is 0. The van der Waals surface area contributed by atoms with Crippen LogP contribution >= 0.6 is 0 Å². The lowest BCUT2D eigenvalue weighted by atomic mass is 10.2. The van der Waals surface area contributed by atoms with Gasteiger partial charge >= 0.3 is 0 Å². The number of anilines is 1. The van der Waals surface area contributed by atoms with Crippen molar-refractivity contribution >= 4 is 5.69 Å². The first kappa shape index (κ1) is 14.1. The molecule has 3 rings (SSSR count). The third-order valence-corrected chi connectivity index (χ3v) is 4.09. The van der Waals surface area contributed by atoms with Gasteiger partial charge in [0.15, 0.2) is 0 Å². The van der Waals surface area contributed by atoms with Crippen LogP contribution in [-0.2, 0) is 20.0 Å². The van der Waals surface area contributed by atoms with E-state index in [1.807, 2.05) is 17.9 Å². The standard InChI is InChI=1S/C17H24N4/c1-20-14-16(13-19-20)8-9-18-12-15-4-6-17(7-5-15)21-10-2-3-11-21/h4-7,13-14,18H,2-3,8-12H2,1H3. The van der Waals surface area contributed by atoms with Gasteiger partial charge in [0.25, 0.3) is 0 Å². The largest absolute Gasteiger partial charge is 0.372 e. The molecule has 1 aromatic heterocycles. The van der Waals surface area contributed by atoms with Crippen LogP contribution in [0.2, 0.25) is 0 Å². The summed E-state index contributed by atoms with van der Waals surface area (Å²) in [6.07, 6.45) is 7.70. The van der Waals surface area contributed by atoms with E-state index in [0.717, 1.165) is 19.5 Å². The van der Waals surface area contributed by atoms with E-state index in [1.165, 1.54) is 42.7 Å². The molecule has 0 saturated carbocycles. The van der Waals surface area contributed by atoms with E-state index in [0.29, 0.717) is 0 Å². The van der Waals surface area contributed by atoms with E-state index in [1.54, 1.807) is 0 Å². The third-order valence-electron chi connectivity index (χ3n) is 4.09. The van der Waals surface area contributed by atoms with Crippen molar-refractivity contribution in [2.24, 2.45) is 7.05 Å². The van der Waals surface area contributed by atoms with Crippen molar-refractivity contribution in [3.63, 3.8) is 0 Å². The van der Waals surface area contributed by atoms with Crippen LogP contribution in [0.25, 0.3) is 0 Å². The maximum atomic E-state index is 4.19. The van der Waals surface area contributed by atoms with Crippen molar-refractivity contribution in [3.05, 3.63) is 47.8 Å². The first-order valence-corrected chi connectivity index (χ1v) is 7.83. The van der Waals surface area contributed by atoms with Crippen LogP contribution in [0.3, 0.4) is 0 Å². The number of nitrogens with zero attached hydrogens (tertiary/aromatic N) is 3. The van der Waals surface area contributed by atoms with Crippen molar-refractivity contribution in [1.82, 2.24) is 15.1 Å². The zero-order chi connectivity index (χ0) is 14.5. The summed E-state index contributed by atoms with van der Waals surface area (Å²) in [4.78, 5) is 2.47. The SMILES string of the molecule is Cn1cc(CCNCc2ccc(N3CCCC3)cc2)cn1. The molecule has 1 fully saturated rings. The van der Waals surface area contributed by atoms with Gasteiger partial charge in [0, 0.05) is 38.6 Å². The van der Waals surface area contributed by atoms with Gasteiger partial charge in [-0.2, -0.15) is 5.10 Å². The molecule has 21 heavy (non-hydrogen) atoms. The van der Waals surface area contributed by atoms with E-state index in [4.69, 9.17) is 0 Å². The van der Waals surface area contributed by atoms with Crippen LogP contribution < -0.4 is 10.2 Å². The average Bonchev–Trinajstić information content (AvgIpc) is 3.16. The fraction of sp³-hybridized carbons (Fsp3) is 0.471. The Morgan fingerprint density at radius 3 is 2.52 bits per heavy atom. The minimum Gasteiger partial charge on any atom is -0.372 e. The lowest BCUT2D eigenvalue weighted by Gasteiger charge is -2.17. The predicted octanol–water partition coefficient (Wildman–Crippen LogP) is 2.35. The van der Waals surface area contributed by atoms with Crippen LogP contribution in [0.5, 0.6) is 0 Å². The normalized spacial score (nSPS) is 14.8. The molecule has 1 aromatic carbocycles. The van der Waals surface area contributed by atoms with Gasteiger partial charge in [-0.3, -0.25) is 4.68 Å². The van der Waals surface area contributed by atoms with E-state index >= 15 is 0 Å². The minimum absolute atomic E-state index is 0.931. The van der Waals surface area contributed by atoms with Crippen molar-refractivity contribution < 1.29 is 0 Å². The molecule has 1 N–H and O–H groups in total. The Kier molecular flexibility index (Phi) is 4.55. The molecule has 2 heterocycles. The first-order valence-electron chi connectivity index (χ1n) is 7.83. The molecule has 0 radical (unpaired) electrons. The van der Waals surface area contributed by atoms with E-state index < -0.39 is 0 Å². The smallest absolute Gasteiger partial charge is 0.0522 e. The summed E-state index contributed by atoms with van der Waals surface area (Å²) in [5, 5.41) is 7.68. The lowest BCUT2D eigenvalue weighted by molar-refractivity contribution is 0.686. The number of hydrogen-bond donors (Lipinski definition) is 1. The molecule has 112 valence electrons. The van der Waals surface area contributed by atoms with Gasteiger partial charge in [0.2, 0.25) is 0 Å². The summed E-state index contributed by atoms with van der Waals surface area (Å²) in [6.45, 7) is 4.34. The highest BCUT2D eigenvalue weighted by Crippen LogP contribution is 2.20. The molecular weight excluding hydrogens is 260 g/mol. The third kappa shape index (κ3) is 3.85. The number of nitrogens with one attached hydrogen (secondary N) is 1. The van der Waals surface area contributed by atoms with Crippen LogP contribution in [0.1, 0.15) is 24.0 Å². The molecule has 0 bridgehead atoms. The molecule has 0 aliphatic carbocycles. The average molecular weight is 284 g/mol. The highest BCUT2D eigenvalue weighted by Gasteiger charge is 2.11. The summed E-state index contributed by atoms with van der Waals surface area (Å²) in [5.41, 5.74) is 4.00. The monoisotopic (exact) mass is 284 g/mol. The molecule has 0 spiro atoms. The highest BCUT2D eigenvalue weighted by molar-refractivity contribution is 5.48. The van der Waals surface area contributed by atoms with Crippen molar-refractivity contribution in [2.45, 2.75) is 25.8 Å². The molecule has 0 unspecified atom stereocenters. The molecule has 0 amide bonds. The van der Waals surface area contributed by atoms with Crippen LogP contribution in [0.15, 0.2) is 36.7 Å². The number of rotatable bonds is 6. The first-order chi connectivity index (χ1) is 10.3. The Morgan fingerprint density at radius 1 is 1.10 bits per heavy atom. The van der Waals surface area contributed by atoms with Gasteiger partial charge in [-0.25, -0.2) is 0 Å². The van der Waals surface area contributed by atoms with E-state index in [-0.39, 0.29) is 0 Å². The highest BCUT2D eigenvalue weighted by atomic mass is 15.2. The zero-order valence-corrected chi connectivity index (χ0v) is 12.8. The van der Waals surface area contributed by atoms with Gasteiger partial charge < -0.3 is 10.2 Å². The molecule has 1 saturated heterocycles. The van der Waals surface area contributed by atoms with Crippen molar-refractivity contribution in [1.29, 1.82) is 0 Å². The molecular formula is C17H24N4. The second kappa shape index (κ2) is 6.76. The molecule has 2 aromatic rings. The Bertz CT molecular complexity index is 552. The van der Waals surface area contributed by atoms with Crippen LogP contribution in [-0.4, -0.2) is 29.4 Å². The lowest BCUT2D eigenvalue weighted by Crippen LogP contribution is -2.18. The molecule has 4 heteroatoms. The second-order valence-electron chi connectivity index (χ2n) is 5.81. The molecule has 4 nitrogen and oxygen atoms in total. The zero-order valence-electron chi connectivity index (χ0n) is 12.8. The Hall–Kier alpha value is -1.81. The number of aromatic nitrogens is 2. The summed E-state index contributed by atoms with van der Waals surface area (Å²) in [7, 11) is 1.96.